The molecule has 3 nitrogen and oxygen atoms in total. The van der Waals surface area contributed by atoms with Gasteiger partial charge in [0.05, 0.1) is 0 Å². The van der Waals surface area contributed by atoms with Gasteiger partial charge in [0.2, 0.25) is 5.91 Å². The van der Waals surface area contributed by atoms with E-state index >= 15 is 0 Å². The third-order valence-electron chi connectivity index (χ3n) is 4.21. The monoisotopic (exact) mass is 320 g/mol. The van der Waals surface area contributed by atoms with E-state index in [-0.39, 0.29) is 0 Å². The molecule has 4 heteroatoms. The Morgan fingerprint density at radius 3 is 2.73 bits per heavy atom. The van der Waals surface area contributed by atoms with Crippen molar-refractivity contribution < 1.29 is 4.79 Å². The van der Waals surface area contributed by atoms with Gasteiger partial charge in [-0.25, -0.2) is 0 Å². The SMILES string of the molecule is NCCCCCCC(=O)N1CCC(CSc2ccccc2)C1. The molecule has 1 aliphatic rings. The van der Waals surface area contributed by atoms with Crippen LogP contribution in [0.3, 0.4) is 0 Å². The fraction of sp³-hybridized carbons (Fsp3) is 0.611. The molecule has 1 unspecified atom stereocenters. The third-order valence-corrected chi connectivity index (χ3v) is 5.46. The summed E-state index contributed by atoms with van der Waals surface area (Å²) in [6, 6.07) is 10.5. The van der Waals surface area contributed by atoms with E-state index in [1.807, 2.05) is 17.8 Å². The van der Waals surface area contributed by atoms with Gasteiger partial charge in [-0.3, -0.25) is 4.79 Å². The summed E-state index contributed by atoms with van der Waals surface area (Å²) in [7, 11) is 0. The molecule has 0 aromatic heterocycles. The number of hydrogen-bond donors (Lipinski definition) is 1. The summed E-state index contributed by atoms with van der Waals surface area (Å²) in [6.07, 6.45) is 6.24. The first kappa shape index (κ1) is 17.4. The van der Waals surface area contributed by atoms with Crippen LogP contribution in [-0.4, -0.2) is 36.2 Å². The number of rotatable bonds is 9. The van der Waals surface area contributed by atoms with Crippen LogP contribution in [0.1, 0.15) is 38.5 Å². The van der Waals surface area contributed by atoms with Crippen molar-refractivity contribution in [3.05, 3.63) is 30.3 Å². The fourth-order valence-electron chi connectivity index (χ4n) is 2.86. The van der Waals surface area contributed by atoms with Crippen LogP contribution < -0.4 is 5.73 Å². The van der Waals surface area contributed by atoms with Crippen molar-refractivity contribution in [3.63, 3.8) is 0 Å². The van der Waals surface area contributed by atoms with Gasteiger partial charge in [-0.15, -0.1) is 11.8 Å². The van der Waals surface area contributed by atoms with Gasteiger partial charge in [0, 0.05) is 30.2 Å². The van der Waals surface area contributed by atoms with Gasteiger partial charge in [0.1, 0.15) is 0 Å². The number of nitrogens with two attached hydrogens (primary N) is 1. The minimum Gasteiger partial charge on any atom is -0.342 e. The van der Waals surface area contributed by atoms with Crippen LogP contribution in [0.5, 0.6) is 0 Å². The molecule has 2 N–H and O–H groups in total. The first-order chi connectivity index (χ1) is 10.8. The zero-order valence-corrected chi connectivity index (χ0v) is 14.2. The van der Waals surface area contributed by atoms with Crippen LogP contribution in [-0.2, 0) is 4.79 Å². The van der Waals surface area contributed by atoms with Crippen molar-refractivity contribution in [2.75, 3.05) is 25.4 Å². The minimum atomic E-state index is 0.347. The summed E-state index contributed by atoms with van der Waals surface area (Å²) in [5.74, 6) is 2.11. The molecule has 0 saturated carbocycles. The average molecular weight is 321 g/mol. The molecule has 0 bridgehead atoms. The smallest absolute Gasteiger partial charge is 0.222 e. The number of nitrogens with zero attached hydrogens (tertiary/aromatic N) is 1. The third kappa shape index (κ3) is 6.01. The highest BCUT2D eigenvalue weighted by Crippen LogP contribution is 2.26. The predicted molar refractivity (Wildman–Crippen MR) is 94.0 cm³/mol. The zero-order valence-electron chi connectivity index (χ0n) is 13.4. The van der Waals surface area contributed by atoms with Crippen molar-refractivity contribution in [3.8, 4) is 0 Å². The zero-order chi connectivity index (χ0) is 15.6. The maximum absolute atomic E-state index is 12.2. The maximum Gasteiger partial charge on any atom is 0.222 e. The van der Waals surface area contributed by atoms with Gasteiger partial charge in [-0.05, 0) is 43.9 Å². The van der Waals surface area contributed by atoms with Crippen LogP contribution >= 0.6 is 11.8 Å². The average Bonchev–Trinajstić information content (AvgIpc) is 3.03. The Kier molecular flexibility index (Phi) is 7.81. The van der Waals surface area contributed by atoms with E-state index in [0.717, 1.165) is 57.5 Å². The van der Waals surface area contributed by atoms with Gasteiger partial charge in [-0.1, -0.05) is 31.0 Å². The molecule has 2 rings (SSSR count). The standard InChI is InChI=1S/C18H28N2OS/c19-12-7-2-1-6-10-18(21)20-13-11-16(14-20)15-22-17-8-4-3-5-9-17/h3-5,8-9,16H,1-2,6-7,10-15,19H2. The highest BCUT2D eigenvalue weighted by atomic mass is 32.2. The molecule has 1 aliphatic heterocycles. The van der Waals surface area contributed by atoms with Crippen LogP contribution in [0, 0.1) is 5.92 Å². The van der Waals surface area contributed by atoms with E-state index in [1.165, 1.54) is 4.90 Å². The molecule has 122 valence electrons. The lowest BCUT2D eigenvalue weighted by molar-refractivity contribution is -0.130. The van der Waals surface area contributed by atoms with Crippen molar-refractivity contribution in [2.45, 2.75) is 43.4 Å². The van der Waals surface area contributed by atoms with Gasteiger partial charge in [-0.2, -0.15) is 0 Å². The minimum absolute atomic E-state index is 0.347. The van der Waals surface area contributed by atoms with Crippen LogP contribution in [0.4, 0.5) is 0 Å². The summed E-state index contributed by atoms with van der Waals surface area (Å²) in [5, 5.41) is 0. The normalized spacial score (nSPS) is 17.9. The number of likely N-dealkylation sites (tertiary alicyclic amines) is 1. The maximum atomic E-state index is 12.2. The molecule has 0 radical (unpaired) electrons. The molecule has 1 fully saturated rings. The molecular formula is C18H28N2OS. The second kappa shape index (κ2) is 9.90. The number of hydrogen-bond acceptors (Lipinski definition) is 3. The largest absolute Gasteiger partial charge is 0.342 e. The molecular weight excluding hydrogens is 292 g/mol. The van der Waals surface area contributed by atoms with E-state index in [4.69, 9.17) is 5.73 Å². The van der Waals surface area contributed by atoms with Crippen LogP contribution in [0.2, 0.25) is 0 Å². The highest BCUT2D eigenvalue weighted by molar-refractivity contribution is 7.99. The Hall–Kier alpha value is -1.00. The lowest BCUT2D eigenvalue weighted by Crippen LogP contribution is -2.28. The van der Waals surface area contributed by atoms with Gasteiger partial charge >= 0.3 is 0 Å². The predicted octanol–water partition coefficient (Wildman–Crippen LogP) is 3.54. The molecule has 1 aromatic carbocycles. The Labute approximate surface area is 138 Å². The topological polar surface area (TPSA) is 46.3 Å². The summed E-state index contributed by atoms with van der Waals surface area (Å²) >= 11 is 1.91. The summed E-state index contributed by atoms with van der Waals surface area (Å²) < 4.78 is 0. The number of amides is 1. The Morgan fingerprint density at radius 2 is 1.95 bits per heavy atom. The molecule has 1 atom stereocenters. The van der Waals surface area contributed by atoms with Crippen molar-refractivity contribution in [2.24, 2.45) is 11.7 Å². The number of unbranched alkanes of at least 4 members (excludes halogenated alkanes) is 3. The highest BCUT2D eigenvalue weighted by Gasteiger charge is 2.25. The lowest BCUT2D eigenvalue weighted by atomic mass is 10.1. The molecule has 1 heterocycles. The quantitative estimate of drug-likeness (QED) is 0.559. The number of benzene rings is 1. The van der Waals surface area contributed by atoms with E-state index in [9.17, 15) is 4.79 Å². The van der Waals surface area contributed by atoms with Gasteiger partial charge in [0.15, 0.2) is 0 Å². The molecule has 0 spiro atoms. The number of carbonyl (C=O) groups is 1. The second-order valence-corrected chi connectivity index (χ2v) is 7.16. The van der Waals surface area contributed by atoms with Crippen LogP contribution in [0.25, 0.3) is 0 Å². The molecule has 1 aromatic rings. The summed E-state index contributed by atoms with van der Waals surface area (Å²) in [5.41, 5.74) is 5.48. The Bertz CT molecular complexity index is 438. The van der Waals surface area contributed by atoms with Crippen LogP contribution in [0.15, 0.2) is 35.2 Å². The Balaban J connectivity index is 1.61. The summed E-state index contributed by atoms with van der Waals surface area (Å²) in [6.45, 7) is 2.66. The van der Waals surface area contributed by atoms with Gasteiger partial charge < -0.3 is 10.6 Å². The summed E-state index contributed by atoms with van der Waals surface area (Å²) in [4.78, 5) is 15.6. The van der Waals surface area contributed by atoms with E-state index in [0.29, 0.717) is 18.2 Å². The van der Waals surface area contributed by atoms with Crippen molar-refractivity contribution in [1.29, 1.82) is 0 Å². The van der Waals surface area contributed by atoms with E-state index < -0.39 is 0 Å². The fourth-order valence-corrected chi connectivity index (χ4v) is 3.91. The molecule has 1 amide bonds. The number of thioether (sulfide) groups is 1. The first-order valence-electron chi connectivity index (χ1n) is 8.45. The first-order valence-corrected chi connectivity index (χ1v) is 9.44. The molecule has 22 heavy (non-hydrogen) atoms. The molecule has 1 saturated heterocycles. The van der Waals surface area contributed by atoms with Crippen molar-refractivity contribution in [1.82, 2.24) is 4.90 Å². The van der Waals surface area contributed by atoms with Gasteiger partial charge in [0.25, 0.3) is 0 Å². The van der Waals surface area contributed by atoms with E-state index in [1.54, 1.807) is 0 Å². The van der Waals surface area contributed by atoms with E-state index in [2.05, 4.69) is 29.2 Å². The lowest BCUT2D eigenvalue weighted by Gasteiger charge is -2.16. The Morgan fingerprint density at radius 1 is 1.18 bits per heavy atom. The number of carbonyl (C=O) groups excluding carboxylic acids is 1. The molecule has 0 aliphatic carbocycles. The second-order valence-electron chi connectivity index (χ2n) is 6.07. The van der Waals surface area contributed by atoms with Crippen molar-refractivity contribution >= 4 is 17.7 Å².